The molecule has 0 saturated heterocycles. The lowest BCUT2D eigenvalue weighted by Gasteiger charge is -1.92. The van der Waals surface area contributed by atoms with Gasteiger partial charge in [0.15, 0.2) is 5.69 Å². The van der Waals surface area contributed by atoms with Gasteiger partial charge in [-0.05, 0) is 11.3 Å². The zero-order chi connectivity index (χ0) is 8.97. The number of aromatic amines is 1. The molecule has 0 aliphatic rings. The average Bonchev–Trinajstić information content (AvgIpc) is 2.48. The molecule has 1 rings (SSSR count). The SMILES string of the molecule is CCCCc1n[nH]nc1[N+](=O)[O-]. The highest BCUT2D eigenvalue weighted by Gasteiger charge is 2.17. The molecule has 0 fully saturated rings. The van der Waals surface area contributed by atoms with Gasteiger partial charge in [-0.2, -0.15) is 0 Å². The van der Waals surface area contributed by atoms with E-state index in [1.807, 2.05) is 6.92 Å². The molecule has 1 aromatic heterocycles. The zero-order valence-electron chi connectivity index (χ0n) is 6.78. The number of aryl methyl sites for hydroxylation is 1. The van der Waals surface area contributed by atoms with Crippen LogP contribution in [0.25, 0.3) is 0 Å². The van der Waals surface area contributed by atoms with E-state index in [-0.39, 0.29) is 5.82 Å². The highest BCUT2D eigenvalue weighted by atomic mass is 16.6. The van der Waals surface area contributed by atoms with Crippen LogP contribution in [-0.2, 0) is 6.42 Å². The average molecular weight is 170 g/mol. The standard InChI is InChI=1S/C6H10N4O2/c1-2-3-4-5-6(10(11)12)8-9-7-5/h2-4H2,1H3,(H,7,8,9). The topological polar surface area (TPSA) is 84.7 Å². The summed E-state index contributed by atoms with van der Waals surface area (Å²) < 4.78 is 0. The fourth-order valence-electron chi connectivity index (χ4n) is 0.905. The van der Waals surface area contributed by atoms with Crippen LogP contribution in [0.15, 0.2) is 0 Å². The van der Waals surface area contributed by atoms with Crippen LogP contribution in [0.5, 0.6) is 0 Å². The third-order valence-corrected chi connectivity index (χ3v) is 1.54. The predicted octanol–water partition coefficient (Wildman–Crippen LogP) is 1.06. The second-order valence-corrected chi connectivity index (χ2v) is 2.45. The van der Waals surface area contributed by atoms with E-state index in [4.69, 9.17) is 0 Å². The quantitative estimate of drug-likeness (QED) is 0.540. The van der Waals surface area contributed by atoms with Gasteiger partial charge in [0.05, 0.1) is 5.10 Å². The van der Waals surface area contributed by atoms with E-state index in [1.54, 1.807) is 0 Å². The Balaban J connectivity index is 2.70. The van der Waals surface area contributed by atoms with Crippen LogP contribution in [0.3, 0.4) is 0 Å². The van der Waals surface area contributed by atoms with Crippen molar-refractivity contribution in [3.63, 3.8) is 0 Å². The molecule has 12 heavy (non-hydrogen) atoms. The fraction of sp³-hybridized carbons (Fsp3) is 0.667. The number of H-pyrrole nitrogens is 1. The number of rotatable bonds is 4. The maximum absolute atomic E-state index is 10.3. The minimum absolute atomic E-state index is 0.150. The van der Waals surface area contributed by atoms with Crippen molar-refractivity contribution in [1.29, 1.82) is 0 Å². The molecule has 0 aliphatic carbocycles. The summed E-state index contributed by atoms with van der Waals surface area (Å²) in [4.78, 5) is 9.81. The summed E-state index contributed by atoms with van der Waals surface area (Å²) >= 11 is 0. The van der Waals surface area contributed by atoms with Gasteiger partial charge >= 0.3 is 5.82 Å². The molecule has 1 aromatic rings. The molecule has 0 atom stereocenters. The van der Waals surface area contributed by atoms with Gasteiger partial charge in [-0.3, -0.25) is 0 Å². The van der Waals surface area contributed by atoms with E-state index in [2.05, 4.69) is 15.4 Å². The van der Waals surface area contributed by atoms with Crippen molar-refractivity contribution in [2.24, 2.45) is 0 Å². The Morgan fingerprint density at radius 3 is 2.92 bits per heavy atom. The van der Waals surface area contributed by atoms with Crippen molar-refractivity contribution >= 4 is 5.82 Å². The van der Waals surface area contributed by atoms with Crippen LogP contribution in [0.1, 0.15) is 25.5 Å². The van der Waals surface area contributed by atoms with Gasteiger partial charge in [0.1, 0.15) is 0 Å². The Bertz CT molecular complexity index is 270. The van der Waals surface area contributed by atoms with Crippen LogP contribution >= 0.6 is 0 Å². The van der Waals surface area contributed by atoms with Crippen molar-refractivity contribution < 1.29 is 4.92 Å². The number of hydrogen-bond donors (Lipinski definition) is 1. The number of hydrogen-bond acceptors (Lipinski definition) is 4. The molecule has 1 N–H and O–H groups in total. The van der Waals surface area contributed by atoms with Gasteiger partial charge in [0, 0.05) is 6.42 Å². The van der Waals surface area contributed by atoms with Crippen LogP contribution in [0.4, 0.5) is 5.82 Å². The second-order valence-electron chi connectivity index (χ2n) is 2.45. The molecule has 1 heterocycles. The van der Waals surface area contributed by atoms with Crippen molar-refractivity contribution in [3.8, 4) is 0 Å². The van der Waals surface area contributed by atoms with Crippen molar-refractivity contribution in [3.05, 3.63) is 15.8 Å². The van der Waals surface area contributed by atoms with Gasteiger partial charge in [0.2, 0.25) is 0 Å². The lowest BCUT2D eigenvalue weighted by Crippen LogP contribution is -1.94. The van der Waals surface area contributed by atoms with Crippen molar-refractivity contribution in [2.45, 2.75) is 26.2 Å². The van der Waals surface area contributed by atoms with Crippen LogP contribution in [0, 0.1) is 10.1 Å². The Morgan fingerprint density at radius 1 is 1.58 bits per heavy atom. The Morgan fingerprint density at radius 2 is 2.33 bits per heavy atom. The van der Waals surface area contributed by atoms with Gasteiger partial charge < -0.3 is 10.1 Å². The lowest BCUT2D eigenvalue weighted by molar-refractivity contribution is -0.390. The van der Waals surface area contributed by atoms with E-state index in [0.717, 1.165) is 12.8 Å². The largest absolute Gasteiger partial charge is 0.413 e. The molecule has 0 spiro atoms. The molecule has 0 amide bonds. The second kappa shape index (κ2) is 3.80. The molecule has 0 saturated carbocycles. The molecule has 0 aliphatic heterocycles. The smallest absolute Gasteiger partial charge is 0.358 e. The van der Waals surface area contributed by atoms with Gasteiger partial charge in [0.25, 0.3) is 0 Å². The van der Waals surface area contributed by atoms with Crippen molar-refractivity contribution in [1.82, 2.24) is 15.4 Å². The summed E-state index contributed by atoms with van der Waals surface area (Å²) in [6.07, 6.45) is 2.50. The first-order valence-corrected chi connectivity index (χ1v) is 3.79. The van der Waals surface area contributed by atoms with E-state index in [0.29, 0.717) is 12.1 Å². The molecule has 6 nitrogen and oxygen atoms in total. The first-order chi connectivity index (χ1) is 5.75. The van der Waals surface area contributed by atoms with Crippen LogP contribution in [0.2, 0.25) is 0 Å². The third-order valence-electron chi connectivity index (χ3n) is 1.54. The molecule has 0 unspecified atom stereocenters. The van der Waals surface area contributed by atoms with Gasteiger partial charge in [-0.25, -0.2) is 0 Å². The highest BCUT2D eigenvalue weighted by molar-refractivity contribution is 5.22. The number of aromatic nitrogens is 3. The molecular formula is C6H10N4O2. The fourth-order valence-corrected chi connectivity index (χ4v) is 0.905. The number of unbranched alkanes of at least 4 members (excludes halogenated alkanes) is 1. The first kappa shape index (κ1) is 8.63. The van der Waals surface area contributed by atoms with Crippen LogP contribution < -0.4 is 0 Å². The summed E-state index contributed by atoms with van der Waals surface area (Å²) in [7, 11) is 0. The summed E-state index contributed by atoms with van der Waals surface area (Å²) in [6.45, 7) is 2.02. The Hall–Kier alpha value is -1.46. The summed E-state index contributed by atoms with van der Waals surface area (Å²) in [6, 6.07) is 0. The lowest BCUT2D eigenvalue weighted by atomic mass is 10.2. The number of nitrogens with zero attached hydrogens (tertiary/aromatic N) is 3. The maximum atomic E-state index is 10.3. The minimum Gasteiger partial charge on any atom is -0.358 e. The molecule has 0 radical (unpaired) electrons. The van der Waals surface area contributed by atoms with E-state index in [9.17, 15) is 10.1 Å². The minimum atomic E-state index is -0.519. The van der Waals surface area contributed by atoms with E-state index < -0.39 is 4.92 Å². The summed E-state index contributed by atoms with van der Waals surface area (Å²) in [5.74, 6) is -0.150. The first-order valence-electron chi connectivity index (χ1n) is 3.79. The van der Waals surface area contributed by atoms with Crippen molar-refractivity contribution in [2.75, 3.05) is 0 Å². The van der Waals surface area contributed by atoms with E-state index >= 15 is 0 Å². The molecular weight excluding hydrogens is 160 g/mol. The summed E-state index contributed by atoms with van der Waals surface area (Å²) in [5.41, 5.74) is 0.446. The maximum Gasteiger partial charge on any atom is 0.413 e. The highest BCUT2D eigenvalue weighted by Crippen LogP contribution is 2.12. The van der Waals surface area contributed by atoms with Crippen LogP contribution in [-0.4, -0.2) is 20.3 Å². The van der Waals surface area contributed by atoms with Gasteiger partial charge in [-0.15, -0.1) is 10.3 Å². The molecule has 6 heteroatoms. The Kier molecular flexibility index (Phi) is 2.73. The number of nitro groups is 1. The Labute approximate surface area is 69.1 Å². The third kappa shape index (κ3) is 1.77. The molecule has 66 valence electrons. The number of nitrogens with one attached hydrogen (secondary N) is 1. The monoisotopic (exact) mass is 170 g/mol. The van der Waals surface area contributed by atoms with Gasteiger partial charge in [-0.1, -0.05) is 13.3 Å². The normalized spacial score (nSPS) is 10.1. The molecule has 0 aromatic carbocycles. The summed E-state index contributed by atoms with van der Waals surface area (Å²) in [5, 5.41) is 19.7. The predicted molar refractivity (Wildman–Crippen MR) is 41.6 cm³/mol. The van der Waals surface area contributed by atoms with E-state index in [1.165, 1.54) is 0 Å². The molecule has 0 bridgehead atoms. The zero-order valence-corrected chi connectivity index (χ0v) is 6.78.